The zero-order valence-corrected chi connectivity index (χ0v) is 20.1. The highest BCUT2D eigenvalue weighted by Gasteiger charge is 2.53. The van der Waals surface area contributed by atoms with Gasteiger partial charge in [-0.15, -0.1) is 0 Å². The zero-order chi connectivity index (χ0) is 23.5. The van der Waals surface area contributed by atoms with Crippen molar-refractivity contribution in [1.82, 2.24) is 19.8 Å². The molecule has 1 unspecified atom stereocenters. The Hall–Kier alpha value is -2.43. The molecule has 1 aromatic heterocycles. The lowest BCUT2D eigenvalue weighted by Crippen LogP contribution is -2.64. The molecule has 3 amide bonds. The predicted molar refractivity (Wildman–Crippen MR) is 117 cm³/mol. The van der Waals surface area contributed by atoms with E-state index in [4.69, 9.17) is 4.74 Å². The zero-order valence-electron chi connectivity index (χ0n) is 19.3. The van der Waals surface area contributed by atoms with Crippen LogP contribution in [0.3, 0.4) is 0 Å². The van der Waals surface area contributed by atoms with E-state index in [0.717, 1.165) is 25.5 Å². The van der Waals surface area contributed by atoms with Crippen LogP contribution in [-0.4, -0.2) is 78.3 Å². The second-order valence-electron chi connectivity index (χ2n) is 10.2. The molecule has 1 atom stereocenters. The Labute approximate surface area is 188 Å². The molecule has 4 rings (SSSR count). The number of carbonyl (C=O) groups is 2. The number of piperidine rings is 1. The van der Waals surface area contributed by atoms with Gasteiger partial charge in [0, 0.05) is 49.6 Å². The third kappa shape index (κ3) is 4.02. The first-order valence-corrected chi connectivity index (χ1v) is 12.8. The SMILES string of the molecule is CN1C(=O)N(C2CCN(C(=O)OC(C)(C)C)CC23CCC3)Cc2cnc(S(C)(=O)=O)nc21. The number of carbonyl (C=O) groups excluding carboxylic acids is 2. The summed E-state index contributed by atoms with van der Waals surface area (Å²) in [6.07, 6.45) is 5.85. The number of ether oxygens (including phenoxy) is 1. The van der Waals surface area contributed by atoms with Crippen LogP contribution in [0.4, 0.5) is 15.4 Å². The van der Waals surface area contributed by atoms with E-state index in [1.807, 2.05) is 25.7 Å². The van der Waals surface area contributed by atoms with Gasteiger partial charge in [0.05, 0.1) is 6.54 Å². The molecule has 2 aliphatic heterocycles. The van der Waals surface area contributed by atoms with Crippen molar-refractivity contribution >= 4 is 27.8 Å². The summed E-state index contributed by atoms with van der Waals surface area (Å²) in [6.45, 7) is 6.97. The van der Waals surface area contributed by atoms with E-state index in [1.54, 1.807) is 11.9 Å². The first-order chi connectivity index (χ1) is 14.8. The van der Waals surface area contributed by atoms with E-state index in [9.17, 15) is 18.0 Å². The number of rotatable bonds is 2. The van der Waals surface area contributed by atoms with Crippen LogP contribution in [0.25, 0.3) is 0 Å². The Balaban J connectivity index is 1.58. The number of amides is 3. The average Bonchev–Trinajstić information content (AvgIpc) is 2.66. The summed E-state index contributed by atoms with van der Waals surface area (Å²) in [7, 11) is -1.97. The maximum absolute atomic E-state index is 13.3. The second-order valence-corrected chi connectivity index (χ2v) is 12.1. The van der Waals surface area contributed by atoms with Gasteiger partial charge in [-0.25, -0.2) is 28.0 Å². The van der Waals surface area contributed by atoms with Crippen LogP contribution in [0.1, 0.15) is 52.0 Å². The Morgan fingerprint density at radius 1 is 1.28 bits per heavy atom. The molecule has 10 nitrogen and oxygen atoms in total. The van der Waals surface area contributed by atoms with Gasteiger partial charge in [0.2, 0.25) is 15.0 Å². The minimum Gasteiger partial charge on any atom is -0.444 e. The van der Waals surface area contributed by atoms with Gasteiger partial charge in [0.25, 0.3) is 0 Å². The van der Waals surface area contributed by atoms with Crippen molar-refractivity contribution in [3.05, 3.63) is 11.8 Å². The molecule has 176 valence electrons. The average molecular weight is 466 g/mol. The van der Waals surface area contributed by atoms with E-state index < -0.39 is 15.4 Å². The molecule has 1 saturated heterocycles. The number of aromatic nitrogens is 2. The summed E-state index contributed by atoms with van der Waals surface area (Å²) in [6, 6.07) is -0.231. The van der Waals surface area contributed by atoms with E-state index in [0.29, 0.717) is 37.4 Å². The van der Waals surface area contributed by atoms with Crippen LogP contribution >= 0.6 is 0 Å². The van der Waals surface area contributed by atoms with Crippen LogP contribution in [0.5, 0.6) is 0 Å². The van der Waals surface area contributed by atoms with Gasteiger partial charge in [-0.1, -0.05) is 6.42 Å². The van der Waals surface area contributed by atoms with Crippen LogP contribution < -0.4 is 4.90 Å². The van der Waals surface area contributed by atoms with Crippen molar-refractivity contribution in [2.24, 2.45) is 5.41 Å². The van der Waals surface area contributed by atoms with Crippen molar-refractivity contribution < 1.29 is 22.7 Å². The molecular weight excluding hydrogens is 434 g/mol. The lowest BCUT2D eigenvalue weighted by molar-refractivity contribution is -0.0597. The molecule has 0 aromatic carbocycles. The van der Waals surface area contributed by atoms with Gasteiger partial charge in [0.1, 0.15) is 11.4 Å². The molecule has 1 aliphatic carbocycles. The predicted octanol–water partition coefficient (Wildman–Crippen LogP) is 2.43. The van der Waals surface area contributed by atoms with E-state index >= 15 is 0 Å². The van der Waals surface area contributed by atoms with Gasteiger partial charge in [0.15, 0.2) is 0 Å². The maximum atomic E-state index is 13.3. The fourth-order valence-corrected chi connectivity index (χ4v) is 5.48. The van der Waals surface area contributed by atoms with Crippen LogP contribution in [0, 0.1) is 5.41 Å². The lowest BCUT2D eigenvalue weighted by Gasteiger charge is -2.57. The number of hydrogen-bond acceptors (Lipinski definition) is 7. The Bertz CT molecular complexity index is 1050. The van der Waals surface area contributed by atoms with Gasteiger partial charge in [-0.2, -0.15) is 0 Å². The highest BCUT2D eigenvalue weighted by molar-refractivity contribution is 7.90. The minimum atomic E-state index is -3.58. The summed E-state index contributed by atoms with van der Waals surface area (Å²) >= 11 is 0. The Morgan fingerprint density at radius 2 is 1.97 bits per heavy atom. The van der Waals surface area contributed by atoms with Gasteiger partial charge < -0.3 is 14.5 Å². The van der Waals surface area contributed by atoms with E-state index in [-0.39, 0.29) is 28.7 Å². The van der Waals surface area contributed by atoms with Crippen molar-refractivity contribution in [2.45, 2.75) is 69.8 Å². The van der Waals surface area contributed by atoms with Crippen molar-refractivity contribution in [2.75, 3.05) is 31.3 Å². The van der Waals surface area contributed by atoms with Gasteiger partial charge >= 0.3 is 12.1 Å². The standard InChI is InChI=1S/C21H31N5O5S/c1-20(2,3)31-19(28)25-10-7-15(21(13-25)8-6-9-21)26-12-14-11-22-17(32(5,29)30)23-16(14)24(4)18(26)27/h11,15H,6-10,12-13H2,1-5H3. The minimum absolute atomic E-state index is 0.0207. The highest BCUT2D eigenvalue weighted by Crippen LogP contribution is 2.50. The lowest BCUT2D eigenvalue weighted by atomic mass is 9.61. The van der Waals surface area contributed by atoms with Gasteiger partial charge in [-0.05, 0) is 40.0 Å². The largest absolute Gasteiger partial charge is 0.444 e. The topological polar surface area (TPSA) is 113 Å². The molecule has 1 spiro atoms. The van der Waals surface area contributed by atoms with E-state index in [2.05, 4.69) is 9.97 Å². The first-order valence-electron chi connectivity index (χ1n) is 10.9. The van der Waals surface area contributed by atoms with E-state index in [1.165, 1.54) is 11.1 Å². The molecule has 0 bridgehead atoms. The fraction of sp³-hybridized carbons (Fsp3) is 0.714. The number of fused-ring (bicyclic) bond motifs is 1. The Kier molecular flexibility index (Phi) is 5.38. The third-order valence-electron chi connectivity index (χ3n) is 6.60. The molecule has 11 heteroatoms. The van der Waals surface area contributed by atoms with Crippen LogP contribution in [0.15, 0.2) is 11.4 Å². The summed E-state index contributed by atoms with van der Waals surface area (Å²) in [5, 5.41) is -0.287. The molecule has 3 aliphatic rings. The summed E-state index contributed by atoms with van der Waals surface area (Å²) in [5.74, 6) is 0.329. The number of nitrogens with zero attached hydrogens (tertiary/aromatic N) is 5. The van der Waals surface area contributed by atoms with Gasteiger partial charge in [-0.3, -0.25) is 4.90 Å². The highest BCUT2D eigenvalue weighted by atomic mass is 32.2. The van der Waals surface area contributed by atoms with Crippen molar-refractivity contribution in [3.8, 4) is 0 Å². The van der Waals surface area contributed by atoms with Crippen molar-refractivity contribution in [1.29, 1.82) is 0 Å². The van der Waals surface area contributed by atoms with Crippen molar-refractivity contribution in [3.63, 3.8) is 0 Å². The molecule has 32 heavy (non-hydrogen) atoms. The number of sulfone groups is 1. The number of urea groups is 1. The summed E-state index contributed by atoms with van der Waals surface area (Å²) in [5.41, 5.74) is 0.000805. The van der Waals surface area contributed by atoms with Crippen LogP contribution in [-0.2, 0) is 21.1 Å². The normalized spacial score (nSPS) is 23.1. The molecule has 0 N–H and O–H groups in total. The molecular formula is C21H31N5O5S. The number of likely N-dealkylation sites (tertiary alicyclic amines) is 1. The molecule has 1 saturated carbocycles. The molecule has 1 aromatic rings. The Morgan fingerprint density at radius 3 is 2.53 bits per heavy atom. The summed E-state index contributed by atoms with van der Waals surface area (Å²) in [4.78, 5) is 39.2. The van der Waals surface area contributed by atoms with Crippen LogP contribution in [0.2, 0.25) is 0 Å². The second kappa shape index (κ2) is 7.57. The fourth-order valence-electron chi connectivity index (χ4n) is 4.98. The monoisotopic (exact) mass is 465 g/mol. The molecule has 3 heterocycles. The number of anilines is 1. The first kappa shape index (κ1) is 22.8. The third-order valence-corrected chi connectivity index (χ3v) is 7.46. The quantitative estimate of drug-likeness (QED) is 0.617. The maximum Gasteiger partial charge on any atom is 0.410 e. The summed E-state index contributed by atoms with van der Waals surface area (Å²) < 4.78 is 29.3. The number of hydrogen-bond donors (Lipinski definition) is 0. The molecule has 0 radical (unpaired) electrons. The molecule has 2 fully saturated rings. The smallest absolute Gasteiger partial charge is 0.410 e.